The molecule has 1 N–H and O–H groups in total. The Hall–Kier alpha value is -3.60. The van der Waals surface area contributed by atoms with Crippen molar-refractivity contribution in [1.29, 1.82) is 0 Å². The second-order valence-corrected chi connectivity index (χ2v) is 13.0. The van der Waals surface area contributed by atoms with Gasteiger partial charge in [-0.25, -0.2) is 9.29 Å². The summed E-state index contributed by atoms with van der Waals surface area (Å²) in [4.78, 5) is 59.1. The van der Waals surface area contributed by atoms with Crippen LogP contribution in [0.4, 0.5) is 10.1 Å². The van der Waals surface area contributed by atoms with Crippen LogP contribution in [0.1, 0.15) is 42.1 Å². The fraction of sp³-hybridized carbons (Fsp3) is 0.355. The van der Waals surface area contributed by atoms with E-state index in [1.807, 2.05) is 23.6 Å². The molecule has 4 amide bonds. The third-order valence-electron chi connectivity index (χ3n) is 9.54. The van der Waals surface area contributed by atoms with Crippen LogP contribution in [-0.4, -0.2) is 33.6 Å². The minimum absolute atomic E-state index is 0.158. The zero-order valence-electron chi connectivity index (χ0n) is 22.5. The van der Waals surface area contributed by atoms with E-state index in [2.05, 4.69) is 0 Å². The van der Waals surface area contributed by atoms with Gasteiger partial charge in [0, 0.05) is 4.88 Å². The maximum Gasteiger partial charge on any atom is 0.241 e. The van der Waals surface area contributed by atoms with E-state index in [-0.39, 0.29) is 42.1 Å². The lowest BCUT2D eigenvalue weighted by atomic mass is 9.52. The summed E-state index contributed by atoms with van der Waals surface area (Å²) in [7, 11) is 0. The van der Waals surface area contributed by atoms with Crippen molar-refractivity contribution in [3.05, 3.63) is 86.7 Å². The first-order chi connectivity index (χ1) is 20.1. The van der Waals surface area contributed by atoms with Crippen LogP contribution in [0.3, 0.4) is 0 Å². The molecule has 3 aromatic rings. The summed E-state index contributed by atoms with van der Waals surface area (Å²) in [6.45, 7) is 1.57. The fourth-order valence-electron chi connectivity index (χ4n) is 7.60. The first-order valence-corrected chi connectivity index (χ1v) is 15.0. The molecule has 2 aromatic heterocycles. The topological polar surface area (TPSA) is 108 Å². The Kier molecular flexibility index (Phi) is 6.31. The monoisotopic (exact) mass is 608 g/mol. The summed E-state index contributed by atoms with van der Waals surface area (Å²) < 4.78 is 20.0. The van der Waals surface area contributed by atoms with E-state index in [1.165, 1.54) is 28.4 Å². The Morgan fingerprint density at radius 1 is 1.10 bits per heavy atom. The molecule has 0 radical (unpaired) electrons. The lowest BCUT2D eigenvalue weighted by molar-refractivity contribution is -0.141. The second-order valence-electron chi connectivity index (χ2n) is 11.6. The fourth-order valence-corrected chi connectivity index (χ4v) is 8.47. The number of likely N-dealkylation sites (tertiary alicyclic amines) is 1. The largest absolute Gasteiger partial charge is 0.463 e. The molecule has 7 rings (SSSR count). The van der Waals surface area contributed by atoms with Crippen LogP contribution >= 0.6 is 22.9 Å². The van der Waals surface area contributed by atoms with Gasteiger partial charge in [-0.05, 0) is 67.5 Å². The van der Waals surface area contributed by atoms with Gasteiger partial charge in [0.2, 0.25) is 23.6 Å². The third kappa shape index (κ3) is 3.74. The summed E-state index contributed by atoms with van der Waals surface area (Å²) in [6, 6.07) is 10.8. The van der Waals surface area contributed by atoms with Crippen LogP contribution in [0, 0.1) is 34.9 Å². The summed E-state index contributed by atoms with van der Waals surface area (Å²) in [5, 5.41) is 11.4. The molecule has 6 atom stereocenters. The van der Waals surface area contributed by atoms with Gasteiger partial charge in [0.05, 0.1) is 46.3 Å². The van der Waals surface area contributed by atoms with E-state index in [1.54, 1.807) is 19.1 Å². The van der Waals surface area contributed by atoms with E-state index in [0.717, 1.165) is 21.4 Å². The number of amides is 4. The van der Waals surface area contributed by atoms with Gasteiger partial charge in [0.25, 0.3) is 0 Å². The number of fused-ring (bicyclic) bond motifs is 4. The van der Waals surface area contributed by atoms with Gasteiger partial charge in [-0.2, -0.15) is 0 Å². The third-order valence-corrected chi connectivity index (χ3v) is 10.7. The average molecular weight is 609 g/mol. The predicted octanol–water partition coefficient (Wildman–Crippen LogP) is 5.06. The molecule has 0 spiro atoms. The molecule has 2 aliphatic carbocycles. The number of rotatable bonds is 5. The molecule has 0 unspecified atom stereocenters. The molecule has 216 valence electrons. The highest BCUT2D eigenvalue weighted by molar-refractivity contribution is 7.09. The highest BCUT2D eigenvalue weighted by atomic mass is 35.5. The molecule has 1 saturated carbocycles. The number of allylic oxidation sites excluding steroid dienone is 2. The number of carbonyl (C=O) groups excluding carboxylic acids is 4. The maximum atomic E-state index is 14.3. The van der Waals surface area contributed by atoms with Crippen molar-refractivity contribution in [2.45, 2.75) is 38.8 Å². The van der Waals surface area contributed by atoms with Crippen LogP contribution < -0.4 is 4.90 Å². The average Bonchev–Trinajstić information content (AvgIpc) is 3.75. The van der Waals surface area contributed by atoms with Gasteiger partial charge >= 0.3 is 0 Å². The van der Waals surface area contributed by atoms with Crippen LogP contribution in [0.5, 0.6) is 0 Å². The molecule has 8 nitrogen and oxygen atoms in total. The number of imide groups is 2. The normalized spacial score (nSPS) is 30.5. The SMILES string of the molecule is C[C@@]12C(=O)N(c3ccc(F)c(Cl)c3)C(=O)[C@@H]1C[C@@H]1C(=CC[C@@H]3C(=O)N(Cc4cccs4)C(=O)[C@@H]31)[C@@H]2c1ccc(CO)o1. The molecular formula is C31H26ClFN2O6S. The molecule has 2 aliphatic heterocycles. The zero-order chi connectivity index (χ0) is 29.5. The standard InChI is InChI=1S/C31H26ClFN2O6S/c1-31-21(28(38)35(30(31)40)15-4-8-23(33)22(32)11-15)12-20-18(26(31)24-9-5-16(14-36)41-24)6-7-19-25(20)29(39)34(27(19)37)13-17-3-2-10-42-17/h2-6,8-11,19-21,25-26,36H,7,12-14H2,1H3/t19-,20+,21-,25-,26+,31+/m0/s1. The number of furan rings is 1. The van der Waals surface area contributed by atoms with Gasteiger partial charge in [-0.15, -0.1) is 11.3 Å². The summed E-state index contributed by atoms with van der Waals surface area (Å²) in [5.74, 6) is -4.72. The molecule has 4 heterocycles. The second kappa shape index (κ2) is 9.72. The lowest BCUT2D eigenvalue weighted by Crippen LogP contribution is -2.48. The van der Waals surface area contributed by atoms with E-state index in [4.69, 9.17) is 16.0 Å². The Labute approximate surface area is 249 Å². The van der Waals surface area contributed by atoms with Crippen LogP contribution in [0.15, 0.2) is 63.9 Å². The quantitative estimate of drug-likeness (QED) is 0.321. The lowest BCUT2D eigenvalue weighted by Gasteiger charge is -2.48. The highest BCUT2D eigenvalue weighted by Gasteiger charge is 2.68. The number of carbonyl (C=O) groups is 4. The number of hydrogen-bond donors (Lipinski definition) is 1. The van der Waals surface area contributed by atoms with Gasteiger partial charge in [-0.3, -0.25) is 24.1 Å². The van der Waals surface area contributed by atoms with Crippen molar-refractivity contribution in [3.8, 4) is 0 Å². The van der Waals surface area contributed by atoms with Crippen LogP contribution in [0.25, 0.3) is 0 Å². The van der Waals surface area contributed by atoms with Crippen molar-refractivity contribution < 1.29 is 33.1 Å². The number of aliphatic hydroxyl groups is 1. The number of nitrogens with zero attached hydrogens (tertiary/aromatic N) is 2. The number of anilines is 1. The Bertz CT molecular complexity index is 1680. The van der Waals surface area contributed by atoms with Crippen molar-refractivity contribution in [2.24, 2.45) is 29.1 Å². The highest BCUT2D eigenvalue weighted by Crippen LogP contribution is 2.63. The van der Waals surface area contributed by atoms with Gasteiger partial charge in [0.15, 0.2) is 0 Å². The van der Waals surface area contributed by atoms with E-state index in [0.29, 0.717) is 17.9 Å². The molecule has 3 fully saturated rings. The number of aliphatic hydroxyl groups excluding tert-OH is 1. The number of hydrogen-bond acceptors (Lipinski definition) is 7. The smallest absolute Gasteiger partial charge is 0.241 e. The molecule has 42 heavy (non-hydrogen) atoms. The van der Waals surface area contributed by atoms with Gasteiger partial charge in [0.1, 0.15) is 23.9 Å². The first-order valence-electron chi connectivity index (χ1n) is 13.8. The summed E-state index contributed by atoms with van der Waals surface area (Å²) in [6.07, 6.45) is 2.45. The molecule has 4 aliphatic rings. The first kappa shape index (κ1) is 27.2. The van der Waals surface area contributed by atoms with Gasteiger partial charge in [-0.1, -0.05) is 29.3 Å². The summed E-state index contributed by atoms with van der Waals surface area (Å²) >= 11 is 7.50. The zero-order valence-corrected chi connectivity index (χ0v) is 24.0. The minimum atomic E-state index is -1.31. The van der Waals surface area contributed by atoms with Crippen molar-refractivity contribution in [1.82, 2.24) is 4.90 Å². The van der Waals surface area contributed by atoms with Crippen LogP contribution in [-0.2, 0) is 32.3 Å². The number of halogens is 2. The predicted molar refractivity (Wildman–Crippen MR) is 151 cm³/mol. The Morgan fingerprint density at radius 2 is 1.90 bits per heavy atom. The number of thiophene rings is 1. The van der Waals surface area contributed by atoms with E-state index >= 15 is 0 Å². The minimum Gasteiger partial charge on any atom is -0.463 e. The summed E-state index contributed by atoms with van der Waals surface area (Å²) in [5.41, 5.74) is -0.363. The maximum absolute atomic E-state index is 14.3. The molecule has 11 heteroatoms. The van der Waals surface area contributed by atoms with Crippen molar-refractivity contribution in [2.75, 3.05) is 4.90 Å². The number of benzene rings is 1. The van der Waals surface area contributed by atoms with Crippen molar-refractivity contribution >= 4 is 52.3 Å². The molecular weight excluding hydrogens is 583 g/mol. The molecule has 2 saturated heterocycles. The van der Waals surface area contributed by atoms with E-state index < -0.39 is 52.6 Å². The van der Waals surface area contributed by atoms with Crippen molar-refractivity contribution in [3.63, 3.8) is 0 Å². The Morgan fingerprint density at radius 3 is 2.60 bits per heavy atom. The Balaban J connectivity index is 1.33. The van der Waals surface area contributed by atoms with E-state index in [9.17, 15) is 28.7 Å². The molecule has 1 aromatic carbocycles. The van der Waals surface area contributed by atoms with Crippen LogP contribution in [0.2, 0.25) is 5.02 Å². The van der Waals surface area contributed by atoms with Gasteiger partial charge < -0.3 is 9.52 Å². The molecule has 0 bridgehead atoms.